The number of hydrogen-bond acceptors (Lipinski definition) is 4. The number of oxazole rings is 1. The number of anilines is 1. The molecule has 31 heavy (non-hydrogen) atoms. The van der Waals surface area contributed by atoms with E-state index in [2.05, 4.69) is 10.3 Å². The largest absolute Gasteiger partial charge is 0.484 e. The van der Waals surface area contributed by atoms with E-state index in [0.717, 1.165) is 27.8 Å². The molecule has 158 valence electrons. The van der Waals surface area contributed by atoms with E-state index in [1.54, 1.807) is 36.4 Å². The molecule has 1 aromatic heterocycles. The van der Waals surface area contributed by atoms with E-state index in [1.807, 2.05) is 32.9 Å². The zero-order chi connectivity index (χ0) is 22.1. The van der Waals surface area contributed by atoms with E-state index in [1.165, 1.54) is 0 Å². The number of carbonyl (C=O) groups excluding carboxylic acids is 1. The number of ether oxygens (including phenoxy) is 1. The number of nitrogens with one attached hydrogen (secondary N) is 1. The molecule has 1 heterocycles. The number of halogens is 2. The number of benzene rings is 3. The van der Waals surface area contributed by atoms with Crippen LogP contribution in [0.2, 0.25) is 10.0 Å². The van der Waals surface area contributed by atoms with Gasteiger partial charge in [0.15, 0.2) is 12.2 Å². The molecule has 1 amide bonds. The molecular weight excluding hydrogens is 435 g/mol. The number of rotatable bonds is 5. The Morgan fingerprint density at radius 3 is 2.55 bits per heavy atom. The van der Waals surface area contributed by atoms with E-state index in [4.69, 9.17) is 32.4 Å². The maximum atomic E-state index is 12.4. The zero-order valence-electron chi connectivity index (χ0n) is 17.3. The molecule has 0 aliphatic carbocycles. The summed E-state index contributed by atoms with van der Waals surface area (Å²) in [6, 6.07) is 14.5. The number of amides is 1. The fourth-order valence-corrected chi connectivity index (χ4v) is 3.58. The molecule has 0 radical (unpaired) electrons. The summed E-state index contributed by atoms with van der Waals surface area (Å²) >= 11 is 12.3. The van der Waals surface area contributed by atoms with Crippen LogP contribution in [0.25, 0.3) is 22.6 Å². The van der Waals surface area contributed by atoms with Crippen LogP contribution in [0.3, 0.4) is 0 Å². The van der Waals surface area contributed by atoms with Gasteiger partial charge in [-0.25, -0.2) is 4.98 Å². The summed E-state index contributed by atoms with van der Waals surface area (Å²) in [5.41, 5.74) is 5.71. The van der Waals surface area contributed by atoms with Gasteiger partial charge in [0.25, 0.3) is 5.91 Å². The minimum Gasteiger partial charge on any atom is -0.484 e. The second-order valence-electron chi connectivity index (χ2n) is 7.39. The molecule has 1 N–H and O–H groups in total. The standard InChI is InChI=1S/C24H20Cl2N2O3/c1-13-8-15(3)23-21(9-13)28-24(31-23)16-4-6-19(26)20(11-16)27-22(29)12-30-17-5-7-18(25)14(2)10-17/h4-11H,12H2,1-3H3,(H,27,29). The molecular formula is C24H20Cl2N2O3. The lowest BCUT2D eigenvalue weighted by Gasteiger charge is -2.10. The van der Waals surface area contributed by atoms with Crippen LogP contribution in [0.1, 0.15) is 16.7 Å². The van der Waals surface area contributed by atoms with Crippen LogP contribution in [-0.4, -0.2) is 17.5 Å². The first-order chi connectivity index (χ1) is 14.8. The highest BCUT2D eigenvalue weighted by atomic mass is 35.5. The van der Waals surface area contributed by atoms with Gasteiger partial charge in [-0.3, -0.25) is 4.79 Å². The van der Waals surface area contributed by atoms with Crippen molar-refractivity contribution >= 4 is 45.9 Å². The maximum Gasteiger partial charge on any atom is 0.262 e. The number of carbonyl (C=O) groups is 1. The minimum atomic E-state index is -0.337. The molecule has 3 aromatic carbocycles. The topological polar surface area (TPSA) is 64.4 Å². The molecule has 5 nitrogen and oxygen atoms in total. The lowest BCUT2D eigenvalue weighted by Crippen LogP contribution is -2.20. The van der Waals surface area contributed by atoms with Crippen molar-refractivity contribution in [1.29, 1.82) is 0 Å². The first-order valence-electron chi connectivity index (χ1n) is 9.66. The third-order valence-corrected chi connectivity index (χ3v) is 5.56. The molecule has 4 aromatic rings. The quantitative estimate of drug-likeness (QED) is 0.362. The van der Waals surface area contributed by atoms with E-state index in [0.29, 0.717) is 32.9 Å². The molecule has 0 saturated heterocycles. The van der Waals surface area contributed by atoms with Crippen LogP contribution in [0.15, 0.2) is 52.9 Å². The van der Waals surface area contributed by atoms with Gasteiger partial charge in [0.2, 0.25) is 5.89 Å². The summed E-state index contributed by atoms with van der Waals surface area (Å²) in [5.74, 6) is 0.688. The summed E-state index contributed by atoms with van der Waals surface area (Å²) in [5, 5.41) is 3.83. The Balaban J connectivity index is 1.52. The summed E-state index contributed by atoms with van der Waals surface area (Å²) in [7, 11) is 0. The molecule has 0 unspecified atom stereocenters. The SMILES string of the molecule is Cc1cc(C)c2oc(-c3ccc(Cl)c(NC(=O)COc4ccc(Cl)c(C)c4)c3)nc2c1. The Morgan fingerprint density at radius 2 is 1.77 bits per heavy atom. The lowest BCUT2D eigenvalue weighted by molar-refractivity contribution is -0.118. The Kier molecular flexibility index (Phi) is 5.90. The Morgan fingerprint density at radius 1 is 1.00 bits per heavy atom. The van der Waals surface area contributed by atoms with Gasteiger partial charge in [0, 0.05) is 10.6 Å². The van der Waals surface area contributed by atoms with Crippen molar-refractivity contribution in [1.82, 2.24) is 4.98 Å². The number of aromatic nitrogens is 1. The molecule has 0 aliphatic rings. The van der Waals surface area contributed by atoms with Crippen LogP contribution < -0.4 is 10.1 Å². The highest BCUT2D eigenvalue weighted by molar-refractivity contribution is 6.33. The number of aryl methyl sites for hydroxylation is 3. The number of hydrogen-bond donors (Lipinski definition) is 1. The lowest BCUT2D eigenvalue weighted by atomic mass is 10.1. The van der Waals surface area contributed by atoms with E-state index < -0.39 is 0 Å². The third kappa shape index (κ3) is 4.68. The fourth-order valence-electron chi connectivity index (χ4n) is 3.30. The van der Waals surface area contributed by atoms with E-state index in [-0.39, 0.29) is 12.5 Å². The van der Waals surface area contributed by atoms with Crippen molar-refractivity contribution in [2.45, 2.75) is 20.8 Å². The summed E-state index contributed by atoms with van der Waals surface area (Å²) < 4.78 is 11.5. The van der Waals surface area contributed by atoms with Gasteiger partial charge in [0.1, 0.15) is 11.3 Å². The van der Waals surface area contributed by atoms with Crippen molar-refractivity contribution in [3.63, 3.8) is 0 Å². The maximum absolute atomic E-state index is 12.4. The van der Waals surface area contributed by atoms with E-state index in [9.17, 15) is 4.79 Å². The molecule has 0 fully saturated rings. The van der Waals surface area contributed by atoms with Crippen molar-refractivity contribution < 1.29 is 13.9 Å². The van der Waals surface area contributed by atoms with Crippen LogP contribution in [-0.2, 0) is 4.79 Å². The van der Waals surface area contributed by atoms with Gasteiger partial charge in [0.05, 0.1) is 10.7 Å². The average Bonchev–Trinajstić information content (AvgIpc) is 3.15. The summed E-state index contributed by atoms with van der Waals surface area (Å²) in [4.78, 5) is 17.0. The van der Waals surface area contributed by atoms with Gasteiger partial charge in [-0.05, 0) is 79.9 Å². The summed E-state index contributed by atoms with van der Waals surface area (Å²) in [6.07, 6.45) is 0. The predicted molar refractivity (Wildman–Crippen MR) is 124 cm³/mol. The molecule has 4 rings (SSSR count). The molecule has 7 heteroatoms. The van der Waals surface area contributed by atoms with Crippen LogP contribution >= 0.6 is 23.2 Å². The highest BCUT2D eigenvalue weighted by Gasteiger charge is 2.14. The van der Waals surface area contributed by atoms with Gasteiger partial charge < -0.3 is 14.5 Å². The third-order valence-electron chi connectivity index (χ3n) is 4.81. The van der Waals surface area contributed by atoms with Gasteiger partial charge in [-0.2, -0.15) is 0 Å². The first-order valence-corrected chi connectivity index (χ1v) is 10.4. The summed E-state index contributed by atoms with van der Waals surface area (Å²) in [6.45, 7) is 5.71. The second-order valence-corrected chi connectivity index (χ2v) is 8.21. The smallest absolute Gasteiger partial charge is 0.262 e. The second kappa shape index (κ2) is 8.61. The predicted octanol–water partition coefficient (Wildman–Crippen LogP) is 6.74. The molecule has 0 spiro atoms. The number of nitrogens with zero attached hydrogens (tertiary/aromatic N) is 1. The van der Waals surface area contributed by atoms with Crippen LogP contribution in [0.5, 0.6) is 5.75 Å². The van der Waals surface area contributed by atoms with Crippen LogP contribution in [0.4, 0.5) is 5.69 Å². The monoisotopic (exact) mass is 454 g/mol. The normalized spacial score (nSPS) is 11.0. The Labute approximate surface area is 189 Å². The van der Waals surface area contributed by atoms with Gasteiger partial charge >= 0.3 is 0 Å². The minimum absolute atomic E-state index is 0.164. The van der Waals surface area contributed by atoms with Crippen LogP contribution in [0, 0.1) is 20.8 Å². The van der Waals surface area contributed by atoms with Crippen molar-refractivity contribution in [3.05, 3.63) is 75.3 Å². The molecule has 0 bridgehead atoms. The molecule has 0 aliphatic heterocycles. The molecule has 0 saturated carbocycles. The van der Waals surface area contributed by atoms with Crippen molar-refractivity contribution in [3.8, 4) is 17.2 Å². The first kappa shape index (κ1) is 21.2. The van der Waals surface area contributed by atoms with E-state index >= 15 is 0 Å². The van der Waals surface area contributed by atoms with Crippen molar-refractivity contribution in [2.24, 2.45) is 0 Å². The molecule has 0 atom stereocenters. The Hall–Kier alpha value is -3.02. The highest BCUT2D eigenvalue weighted by Crippen LogP contribution is 2.32. The Bertz CT molecular complexity index is 1300. The zero-order valence-corrected chi connectivity index (χ0v) is 18.8. The van der Waals surface area contributed by atoms with Gasteiger partial charge in [-0.15, -0.1) is 0 Å². The fraction of sp³-hybridized carbons (Fsp3) is 0.167. The average molecular weight is 455 g/mol. The number of fused-ring (bicyclic) bond motifs is 1. The van der Waals surface area contributed by atoms with Crippen molar-refractivity contribution in [2.75, 3.05) is 11.9 Å². The van der Waals surface area contributed by atoms with Gasteiger partial charge in [-0.1, -0.05) is 29.3 Å².